The second-order valence-electron chi connectivity index (χ2n) is 20.4. The summed E-state index contributed by atoms with van der Waals surface area (Å²) in [6.07, 6.45) is 7.42. The largest absolute Gasteiger partial charge is 0.465 e. The zero-order valence-electron chi connectivity index (χ0n) is 33.2. The zero-order valence-corrected chi connectivity index (χ0v) is 33.2. The Kier molecular flexibility index (Phi) is 9.84. The van der Waals surface area contributed by atoms with Gasteiger partial charge >= 0.3 is 29.8 Å². The number of cyclic esters (lactones) is 1. The Hall–Kier alpha value is -2.73. The minimum atomic E-state index is -1.41. The maximum atomic E-state index is 14.5. The second kappa shape index (κ2) is 13.4. The minimum Gasteiger partial charge on any atom is -0.465 e. The highest BCUT2D eigenvalue weighted by Gasteiger charge is 2.65. The Balaban J connectivity index is 1.08. The number of aliphatic hydroxyl groups is 2. The van der Waals surface area contributed by atoms with E-state index in [1.165, 1.54) is 6.42 Å². The van der Waals surface area contributed by atoms with Crippen molar-refractivity contribution in [3.8, 4) is 0 Å². The van der Waals surface area contributed by atoms with E-state index in [1.54, 1.807) is 20.8 Å². The van der Waals surface area contributed by atoms with E-state index in [1.807, 2.05) is 13.8 Å². The van der Waals surface area contributed by atoms with E-state index >= 15 is 0 Å². The van der Waals surface area contributed by atoms with E-state index in [4.69, 9.17) is 23.7 Å². The molecule has 8 aliphatic carbocycles. The topological polar surface area (TPSA) is 172 Å². The lowest BCUT2D eigenvalue weighted by molar-refractivity contribution is -0.264. The summed E-state index contributed by atoms with van der Waals surface area (Å²) in [5.41, 5.74) is -7.53. The van der Waals surface area contributed by atoms with E-state index in [-0.39, 0.29) is 70.0 Å². The molecule has 0 amide bonds. The van der Waals surface area contributed by atoms with Crippen molar-refractivity contribution >= 4 is 29.8 Å². The summed E-state index contributed by atoms with van der Waals surface area (Å²) in [5, 5.41) is 22.6. The van der Waals surface area contributed by atoms with Gasteiger partial charge < -0.3 is 33.9 Å². The van der Waals surface area contributed by atoms with Gasteiger partial charge in [0.05, 0.1) is 40.5 Å². The average molecular weight is 759 g/mol. The first-order valence-corrected chi connectivity index (χ1v) is 20.6. The lowest BCUT2D eigenvalue weighted by Crippen LogP contribution is -2.67. The summed E-state index contributed by atoms with van der Waals surface area (Å²) in [7, 11) is 0. The van der Waals surface area contributed by atoms with Gasteiger partial charge in [-0.1, -0.05) is 6.92 Å². The van der Waals surface area contributed by atoms with Gasteiger partial charge in [0.1, 0.15) is 17.8 Å². The van der Waals surface area contributed by atoms with E-state index in [2.05, 4.69) is 6.92 Å². The SMILES string of the molecule is CCC(C)(CC(C)(CC(C)(C)C(=O)OC12CC3CC(O)(CC(O)(C3)C1)C2)C(=O)OCCC(=O)OC1CCOC1=O)C(=O)OC1(C)C2CC3CC(C2)CC1C3. The molecule has 1 heterocycles. The van der Waals surface area contributed by atoms with Crippen LogP contribution < -0.4 is 0 Å². The Bertz CT molecular complexity index is 1500. The highest BCUT2D eigenvalue weighted by atomic mass is 16.6. The van der Waals surface area contributed by atoms with Crippen LogP contribution in [0, 0.1) is 45.8 Å². The molecule has 2 N–H and O–H groups in total. The molecule has 0 spiro atoms. The van der Waals surface area contributed by atoms with E-state index in [0.717, 1.165) is 25.7 Å². The van der Waals surface area contributed by atoms with Gasteiger partial charge in [-0.15, -0.1) is 0 Å². The first kappa shape index (κ1) is 39.5. The molecule has 8 bridgehead atoms. The Morgan fingerprint density at radius 1 is 0.778 bits per heavy atom. The summed E-state index contributed by atoms with van der Waals surface area (Å²) in [4.78, 5) is 67.3. The molecule has 0 radical (unpaired) electrons. The highest BCUT2D eigenvalue weighted by Crippen LogP contribution is 2.62. The Labute approximate surface area is 319 Å². The Morgan fingerprint density at radius 3 is 1.93 bits per heavy atom. The summed E-state index contributed by atoms with van der Waals surface area (Å²) < 4.78 is 28.8. The van der Waals surface area contributed by atoms with Crippen LogP contribution in [0.3, 0.4) is 0 Å². The third-order valence-corrected chi connectivity index (χ3v) is 15.0. The molecule has 5 atom stereocenters. The first-order valence-electron chi connectivity index (χ1n) is 20.6. The fourth-order valence-corrected chi connectivity index (χ4v) is 13.0. The molecule has 9 fully saturated rings. The van der Waals surface area contributed by atoms with Gasteiger partial charge in [0, 0.05) is 25.7 Å². The van der Waals surface area contributed by atoms with Crippen LogP contribution in [0.5, 0.6) is 0 Å². The molecule has 9 rings (SSSR count). The molecule has 0 aromatic heterocycles. The molecule has 302 valence electrons. The molecule has 5 unspecified atom stereocenters. The van der Waals surface area contributed by atoms with Crippen molar-refractivity contribution in [2.75, 3.05) is 13.2 Å². The van der Waals surface area contributed by atoms with Crippen molar-refractivity contribution in [1.29, 1.82) is 0 Å². The molecule has 8 saturated carbocycles. The molecule has 9 aliphatic rings. The van der Waals surface area contributed by atoms with E-state index in [9.17, 15) is 34.2 Å². The lowest BCUT2D eigenvalue weighted by atomic mass is 9.50. The van der Waals surface area contributed by atoms with E-state index < -0.39 is 68.6 Å². The quantitative estimate of drug-likeness (QED) is 0.169. The van der Waals surface area contributed by atoms with Gasteiger partial charge in [-0.25, -0.2) is 4.79 Å². The summed E-state index contributed by atoms with van der Waals surface area (Å²) in [6.45, 7) is 10.8. The van der Waals surface area contributed by atoms with Gasteiger partial charge in [0.25, 0.3) is 0 Å². The number of carbonyl (C=O) groups is 5. The third-order valence-electron chi connectivity index (χ3n) is 15.0. The van der Waals surface area contributed by atoms with Crippen LogP contribution in [0.4, 0.5) is 0 Å². The average Bonchev–Trinajstić information content (AvgIpc) is 3.44. The van der Waals surface area contributed by atoms with Crippen LogP contribution in [0.1, 0.15) is 144 Å². The number of carbonyl (C=O) groups excluding carboxylic acids is 5. The monoisotopic (exact) mass is 758 g/mol. The summed E-state index contributed by atoms with van der Waals surface area (Å²) >= 11 is 0. The van der Waals surface area contributed by atoms with Crippen molar-refractivity contribution < 1.29 is 57.9 Å². The standard InChI is InChI=1S/C42H62O12/c1-7-37(4,35(47)53-39(6)28-13-25-12-26(15-28)16-29(39)14-25)21-38(5,34(46)51-11-9-31(43)52-30-8-10-50-32(30)44)20-36(2,3)33(45)54-42-19-27-17-40(48,23-42)22-41(49,18-27)24-42/h25-30,48-49H,7-24H2,1-6H3. The third kappa shape index (κ3) is 7.32. The maximum Gasteiger partial charge on any atom is 0.347 e. The van der Waals surface area contributed by atoms with Crippen molar-refractivity contribution in [3.63, 3.8) is 0 Å². The molecule has 12 nitrogen and oxygen atoms in total. The smallest absolute Gasteiger partial charge is 0.347 e. The van der Waals surface area contributed by atoms with Gasteiger partial charge in [-0.3, -0.25) is 19.2 Å². The summed E-state index contributed by atoms with van der Waals surface area (Å²) in [5.74, 6) is -0.823. The van der Waals surface area contributed by atoms with Gasteiger partial charge in [-0.2, -0.15) is 0 Å². The Morgan fingerprint density at radius 2 is 1.39 bits per heavy atom. The molecule has 0 aromatic carbocycles. The molecule has 1 saturated heterocycles. The molecule has 54 heavy (non-hydrogen) atoms. The number of esters is 5. The second-order valence-corrected chi connectivity index (χ2v) is 20.4. The molecular formula is C42H62O12. The van der Waals surface area contributed by atoms with Crippen LogP contribution in [0.15, 0.2) is 0 Å². The number of hydrogen-bond acceptors (Lipinski definition) is 12. The first-order chi connectivity index (χ1) is 25.1. The van der Waals surface area contributed by atoms with Crippen LogP contribution in [0.25, 0.3) is 0 Å². The van der Waals surface area contributed by atoms with Crippen molar-refractivity contribution in [1.82, 2.24) is 0 Å². The van der Waals surface area contributed by atoms with Crippen molar-refractivity contribution in [3.05, 3.63) is 0 Å². The number of ether oxygens (including phenoxy) is 5. The number of hydrogen-bond donors (Lipinski definition) is 2. The highest BCUT2D eigenvalue weighted by molar-refractivity contribution is 5.84. The molecule has 12 heteroatoms. The maximum absolute atomic E-state index is 14.5. The molecule has 1 aliphatic heterocycles. The zero-order chi connectivity index (χ0) is 39.1. The fraction of sp³-hybridized carbons (Fsp3) is 0.881. The van der Waals surface area contributed by atoms with Crippen LogP contribution in [-0.2, 0) is 47.7 Å². The summed E-state index contributed by atoms with van der Waals surface area (Å²) in [6, 6.07) is 0. The van der Waals surface area contributed by atoms with Gasteiger partial charge in [0.2, 0.25) is 6.10 Å². The van der Waals surface area contributed by atoms with Crippen LogP contribution in [0.2, 0.25) is 0 Å². The van der Waals surface area contributed by atoms with Crippen LogP contribution in [-0.4, -0.2) is 81.8 Å². The number of rotatable bonds is 14. The fourth-order valence-electron chi connectivity index (χ4n) is 13.0. The predicted molar refractivity (Wildman–Crippen MR) is 192 cm³/mol. The normalized spacial score (nSPS) is 41.1. The minimum absolute atomic E-state index is 0.0205. The van der Waals surface area contributed by atoms with E-state index in [0.29, 0.717) is 49.4 Å². The van der Waals surface area contributed by atoms with Crippen LogP contribution >= 0.6 is 0 Å². The van der Waals surface area contributed by atoms with Crippen molar-refractivity contribution in [2.24, 2.45) is 45.8 Å². The van der Waals surface area contributed by atoms with Crippen molar-refractivity contribution in [2.45, 2.75) is 173 Å². The van der Waals surface area contributed by atoms with Gasteiger partial charge in [-0.05, 0) is 135 Å². The molecule has 0 aromatic rings. The van der Waals surface area contributed by atoms with Gasteiger partial charge in [0.15, 0.2) is 0 Å². The lowest BCUT2D eigenvalue weighted by Gasteiger charge is -2.62. The molecular weight excluding hydrogens is 696 g/mol. The predicted octanol–water partition coefficient (Wildman–Crippen LogP) is 5.51.